The van der Waals surface area contributed by atoms with Crippen molar-refractivity contribution >= 4 is 36.6 Å². The Balaban J connectivity index is 1.38. The van der Waals surface area contributed by atoms with Crippen LogP contribution in [0.25, 0.3) is 11.2 Å². The zero-order valence-electron chi connectivity index (χ0n) is 23.9. The average molecular weight is 620 g/mol. The van der Waals surface area contributed by atoms with Crippen LogP contribution in [-0.4, -0.2) is 73.3 Å². The summed E-state index contributed by atoms with van der Waals surface area (Å²) in [5.41, 5.74) is 3.91. The number of fused-ring (bicyclic) bond motifs is 1. The van der Waals surface area contributed by atoms with Gasteiger partial charge in [-0.15, -0.1) is 0 Å². The van der Waals surface area contributed by atoms with Gasteiger partial charge < -0.3 is 30.2 Å². The second kappa shape index (κ2) is 12.2. The Morgan fingerprint density at radius 2 is 2.05 bits per heavy atom. The number of carbonyl (C=O) groups excluding carboxylic acids is 1. The second-order valence-electron chi connectivity index (χ2n) is 10.7. The topological polar surface area (TPSA) is 185 Å². The van der Waals surface area contributed by atoms with E-state index in [9.17, 15) is 14.5 Å². The number of esters is 1. The van der Waals surface area contributed by atoms with E-state index in [1.165, 1.54) is 17.8 Å². The van der Waals surface area contributed by atoms with E-state index in [0.717, 1.165) is 18.9 Å². The van der Waals surface area contributed by atoms with Crippen LogP contribution in [0, 0.1) is 0 Å². The fourth-order valence-corrected chi connectivity index (χ4v) is 6.04. The maximum atomic E-state index is 16.4. The van der Waals surface area contributed by atoms with Crippen LogP contribution < -0.4 is 20.7 Å². The highest BCUT2D eigenvalue weighted by atomic mass is 31.2. The van der Waals surface area contributed by atoms with Crippen molar-refractivity contribution in [2.45, 2.75) is 75.9 Å². The van der Waals surface area contributed by atoms with E-state index < -0.39 is 56.6 Å². The Morgan fingerprint density at radius 3 is 2.70 bits per heavy atom. The molecule has 0 amide bonds. The number of nitrogens with zero attached hydrogens (tertiary/aromatic N) is 4. The molecule has 2 fully saturated rings. The van der Waals surface area contributed by atoms with Crippen LogP contribution in [0.15, 0.2) is 49.3 Å². The summed E-state index contributed by atoms with van der Waals surface area (Å²) in [7, 11) is -4.32. The quantitative estimate of drug-likeness (QED) is 0.124. The SMILES string of the molecule is C=C[C@@]1(F)[C@H](O)[C@@H](CO[P@@](=O)(N[C@@H](C)C(=O)OC(C)C)Oc2ccccc2)O[C@H]1n1cnc2c(NC3CC3)nc(N)nc21. The van der Waals surface area contributed by atoms with Gasteiger partial charge in [-0.1, -0.05) is 24.8 Å². The highest BCUT2D eigenvalue weighted by Gasteiger charge is 2.57. The molecule has 14 nitrogen and oxygen atoms in total. The molecular formula is C27H35FN7O7P. The molecule has 16 heteroatoms. The predicted octanol–water partition coefficient (Wildman–Crippen LogP) is 3.27. The van der Waals surface area contributed by atoms with Gasteiger partial charge in [0.2, 0.25) is 11.6 Å². The Hall–Kier alpha value is -3.62. The van der Waals surface area contributed by atoms with Crippen molar-refractivity contribution in [2.24, 2.45) is 0 Å². The smallest absolute Gasteiger partial charge is 0.459 e. The molecule has 0 unspecified atom stereocenters. The molecule has 2 aromatic heterocycles. The minimum atomic E-state index is -4.32. The Morgan fingerprint density at radius 1 is 1.33 bits per heavy atom. The number of hydrogen-bond acceptors (Lipinski definition) is 12. The first-order valence-electron chi connectivity index (χ1n) is 13.8. The zero-order chi connectivity index (χ0) is 30.9. The van der Waals surface area contributed by atoms with Gasteiger partial charge in [-0.25, -0.2) is 13.9 Å². The number of aliphatic hydroxyl groups is 1. The number of rotatable bonds is 13. The standard InChI is InChI=1S/C27H35FN7O7P/c1-5-27(28)21(36)19(41-25(27)35-14-30-20-22(31-17-11-12-17)32-26(29)33-23(20)35)13-39-43(38,42-18-9-7-6-8-10-18)34-16(4)24(37)40-15(2)3/h5-10,14-17,19,21,25,36H,1,11-13H2,2-4H3,(H,34,38)(H3,29,31,32,33)/t16-,19+,21+,25+,27+,43-/m0/s1. The summed E-state index contributed by atoms with van der Waals surface area (Å²) in [6.45, 7) is 7.75. The Kier molecular flexibility index (Phi) is 8.72. The van der Waals surface area contributed by atoms with Crippen molar-refractivity contribution in [3.63, 3.8) is 0 Å². The molecule has 5 rings (SSSR count). The number of ether oxygens (including phenoxy) is 2. The number of hydrogen-bond donors (Lipinski definition) is 4. The molecule has 232 valence electrons. The molecule has 1 saturated carbocycles. The summed E-state index contributed by atoms with van der Waals surface area (Å²) in [6.07, 6.45) is -0.912. The molecule has 3 heterocycles. The van der Waals surface area contributed by atoms with E-state index in [1.54, 1.807) is 44.2 Å². The van der Waals surface area contributed by atoms with Crippen LogP contribution in [0.1, 0.15) is 39.8 Å². The molecular weight excluding hydrogens is 584 g/mol. The van der Waals surface area contributed by atoms with Crippen LogP contribution >= 0.6 is 7.75 Å². The van der Waals surface area contributed by atoms with Crippen LogP contribution in [0.4, 0.5) is 16.2 Å². The average Bonchev–Trinajstić information content (AvgIpc) is 3.62. The number of anilines is 2. The number of nitrogens with two attached hydrogens (primary N) is 1. The summed E-state index contributed by atoms with van der Waals surface area (Å²) in [4.78, 5) is 25.2. The molecule has 0 radical (unpaired) electrons. The lowest BCUT2D eigenvalue weighted by atomic mass is 9.96. The number of nitrogen functional groups attached to an aromatic ring is 1. The number of aromatic nitrogens is 4. The lowest BCUT2D eigenvalue weighted by Gasteiger charge is -2.26. The van der Waals surface area contributed by atoms with Crippen LogP contribution in [0.3, 0.4) is 0 Å². The molecule has 3 aromatic rings. The maximum Gasteiger partial charge on any atom is 0.459 e. The summed E-state index contributed by atoms with van der Waals surface area (Å²) in [5, 5.41) is 16.8. The summed E-state index contributed by atoms with van der Waals surface area (Å²) >= 11 is 0. The monoisotopic (exact) mass is 619 g/mol. The number of halogens is 1. The number of aliphatic hydroxyl groups excluding tert-OH is 1. The third-order valence-corrected chi connectivity index (χ3v) is 8.49. The Bertz CT molecular complexity index is 1520. The van der Waals surface area contributed by atoms with Gasteiger partial charge in [0.15, 0.2) is 23.2 Å². The Labute approximate surface area is 247 Å². The largest absolute Gasteiger partial charge is 0.462 e. The summed E-state index contributed by atoms with van der Waals surface area (Å²) in [5.74, 6) is -0.169. The lowest BCUT2D eigenvalue weighted by molar-refractivity contribution is -0.149. The normalized spacial score (nSPS) is 25.8. The van der Waals surface area contributed by atoms with Gasteiger partial charge in [0, 0.05) is 6.04 Å². The fraction of sp³-hybridized carbons (Fsp3) is 0.481. The van der Waals surface area contributed by atoms with E-state index in [-0.39, 0.29) is 23.4 Å². The second-order valence-corrected chi connectivity index (χ2v) is 12.4. The number of imidazole rings is 1. The zero-order valence-corrected chi connectivity index (χ0v) is 24.8. The molecule has 1 aliphatic carbocycles. The molecule has 6 atom stereocenters. The number of carbonyl (C=O) groups is 1. The van der Waals surface area contributed by atoms with Crippen LogP contribution in [0.2, 0.25) is 0 Å². The van der Waals surface area contributed by atoms with Gasteiger partial charge in [0.1, 0.15) is 24.0 Å². The molecule has 43 heavy (non-hydrogen) atoms. The van der Waals surface area contributed by atoms with Gasteiger partial charge in [0.25, 0.3) is 0 Å². The minimum absolute atomic E-state index is 0.0610. The van der Waals surface area contributed by atoms with Crippen molar-refractivity contribution in [3.8, 4) is 5.75 Å². The fourth-order valence-electron chi connectivity index (χ4n) is 4.54. The van der Waals surface area contributed by atoms with Gasteiger partial charge in [-0.05, 0) is 51.8 Å². The molecule has 0 spiro atoms. The van der Waals surface area contributed by atoms with E-state index >= 15 is 4.39 Å². The number of nitrogens with one attached hydrogen (secondary N) is 2. The van der Waals surface area contributed by atoms with E-state index in [0.29, 0.717) is 11.3 Å². The highest BCUT2D eigenvalue weighted by Crippen LogP contribution is 2.48. The highest BCUT2D eigenvalue weighted by molar-refractivity contribution is 7.52. The van der Waals surface area contributed by atoms with Gasteiger partial charge in [-0.3, -0.25) is 13.9 Å². The third-order valence-electron chi connectivity index (χ3n) is 6.84. The maximum absolute atomic E-state index is 16.4. The van der Waals surface area contributed by atoms with Gasteiger partial charge in [-0.2, -0.15) is 15.1 Å². The minimum Gasteiger partial charge on any atom is -0.462 e. The van der Waals surface area contributed by atoms with Crippen molar-refractivity contribution < 1.29 is 37.4 Å². The summed E-state index contributed by atoms with van der Waals surface area (Å²) < 4.78 is 54.0. The molecule has 1 aliphatic heterocycles. The van der Waals surface area contributed by atoms with Crippen molar-refractivity contribution in [3.05, 3.63) is 49.3 Å². The first-order chi connectivity index (χ1) is 20.4. The number of benzene rings is 1. The van der Waals surface area contributed by atoms with E-state index in [1.807, 2.05) is 0 Å². The van der Waals surface area contributed by atoms with Crippen LogP contribution in [-0.2, 0) is 23.4 Å². The molecule has 2 aliphatic rings. The molecule has 1 saturated heterocycles. The molecule has 5 N–H and O–H groups in total. The third kappa shape index (κ3) is 6.65. The summed E-state index contributed by atoms with van der Waals surface area (Å²) in [6, 6.07) is 7.26. The van der Waals surface area contributed by atoms with Crippen molar-refractivity contribution in [1.29, 1.82) is 0 Å². The first-order valence-corrected chi connectivity index (χ1v) is 15.4. The number of alkyl halides is 1. The van der Waals surface area contributed by atoms with Crippen LogP contribution in [0.5, 0.6) is 5.75 Å². The van der Waals surface area contributed by atoms with Crippen molar-refractivity contribution in [2.75, 3.05) is 17.7 Å². The lowest BCUT2D eigenvalue weighted by Crippen LogP contribution is -2.42. The first kappa shape index (κ1) is 30.8. The molecule has 0 bridgehead atoms. The van der Waals surface area contributed by atoms with Gasteiger partial charge >= 0.3 is 13.7 Å². The van der Waals surface area contributed by atoms with Gasteiger partial charge in [0.05, 0.1) is 19.0 Å². The molecule has 1 aromatic carbocycles. The predicted molar refractivity (Wildman–Crippen MR) is 155 cm³/mol. The van der Waals surface area contributed by atoms with E-state index in [2.05, 4.69) is 31.9 Å². The van der Waals surface area contributed by atoms with Crippen molar-refractivity contribution in [1.82, 2.24) is 24.6 Å². The number of para-hydroxylation sites is 1. The van der Waals surface area contributed by atoms with E-state index in [4.69, 9.17) is 24.3 Å².